The van der Waals surface area contributed by atoms with Gasteiger partial charge in [-0.1, -0.05) is 11.6 Å². The third-order valence-corrected chi connectivity index (χ3v) is 2.68. The van der Waals surface area contributed by atoms with Gasteiger partial charge in [-0.25, -0.2) is 0 Å². The third-order valence-electron chi connectivity index (χ3n) is 1.45. The molecule has 1 aromatic rings. The Hall–Kier alpha value is -0.940. The van der Waals surface area contributed by atoms with Crippen LogP contribution in [0, 0.1) is 10.1 Å². The van der Waals surface area contributed by atoms with E-state index in [0.717, 1.165) is 0 Å². The molecule has 1 rings (SSSR count). The van der Waals surface area contributed by atoms with Crippen molar-refractivity contribution in [3.63, 3.8) is 0 Å². The fourth-order valence-corrected chi connectivity index (χ4v) is 1.54. The lowest BCUT2D eigenvalue weighted by molar-refractivity contribution is -0.384. The Morgan fingerprint density at radius 3 is 2.62 bits per heavy atom. The standard InChI is InChI=1S/C7H6ClNO3S/c1-13(12)5-2-3-6(8)7(4-5)9(10)11/h2-4H,1H3/t13-/m1/s1. The normalized spacial score (nSPS) is 12.5. The van der Waals surface area contributed by atoms with E-state index in [1.807, 2.05) is 0 Å². The highest BCUT2D eigenvalue weighted by molar-refractivity contribution is 7.84. The maximum absolute atomic E-state index is 11.0. The molecule has 0 aliphatic heterocycles. The average molecular weight is 220 g/mol. The van der Waals surface area contributed by atoms with Gasteiger partial charge in [0.1, 0.15) is 5.02 Å². The van der Waals surface area contributed by atoms with Crippen LogP contribution in [0.25, 0.3) is 0 Å². The lowest BCUT2D eigenvalue weighted by Crippen LogP contribution is -1.93. The number of halogens is 1. The van der Waals surface area contributed by atoms with Gasteiger partial charge in [-0.3, -0.25) is 14.3 Å². The predicted octanol–water partition coefficient (Wildman–Crippen LogP) is 1.99. The molecule has 70 valence electrons. The molecule has 0 unspecified atom stereocenters. The van der Waals surface area contributed by atoms with Gasteiger partial charge < -0.3 is 0 Å². The van der Waals surface area contributed by atoms with Crippen molar-refractivity contribution in [2.24, 2.45) is 0 Å². The Morgan fingerprint density at radius 2 is 2.15 bits per heavy atom. The first-order chi connectivity index (χ1) is 6.02. The number of hydrogen-bond acceptors (Lipinski definition) is 3. The fourth-order valence-electron chi connectivity index (χ4n) is 0.811. The SMILES string of the molecule is C[S@@](=O)c1ccc(Cl)c([N+](=O)[O-])c1. The lowest BCUT2D eigenvalue weighted by Gasteiger charge is -1.97. The Morgan fingerprint density at radius 1 is 1.54 bits per heavy atom. The third kappa shape index (κ3) is 2.26. The van der Waals surface area contributed by atoms with Crippen molar-refractivity contribution >= 4 is 28.1 Å². The average Bonchev–Trinajstić information content (AvgIpc) is 2.04. The summed E-state index contributed by atoms with van der Waals surface area (Å²) in [4.78, 5) is 10.2. The van der Waals surface area contributed by atoms with Crippen LogP contribution < -0.4 is 0 Å². The first-order valence-electron chi connectivity index (χ1n) is 3.29. The van der Waals surface area contributed by atoms with Gasteiger partial charge >= 0.3 is 0 Å². The Bertz CT molecular complexity index is 380. The second-order valence-corrected chi connectivity index (χ2v) is 4.11. The smallest absolute Gasteiger partial charge is 0.258 e. The molecule has 0 aliphatic carbocycles. The van der Waals surface area contributed by atoms with Crippen LogP contribution >= 0.6 is 11.6 Å². The van der Waals surface area contributed by atoms with Crippen LogP contribution in [0.2, 0.25) is 5.02 Å². The molecule has 0 amide bonds. The van der Waals surface area contributed by atoms with Gasteiger partial charge in [0.15, 0.2) is 0 Å². The van der Waals surface area contributed by atoms with Crippen LogP contribution in [-0.4, -0.2) is 15.4 Å². The van der Waals surface area contributed by atoms with Crippen molar-refractivity contribution < 1.29 is 9.13 Å². The number of nitro benzene ring substituents is 1. The van der Waals surface area contributed by atoms with Crippen molar-refractivity contribution in [3.8, 4) is 0 Å². The van der Waals surface area contributed by atoms with E-state index in [1.165, 1.54) is 24.5 Å². The summed E-state index contributed by atoms with van der Waals surface area (Å²) >= 11 is 5.56. The molecule has 0 saturated heterocycles. The summed E-state index contributed by atoms with van der Waals surface area (Å²) in [6.07, 6.45) is 1.45. The topological polar surface area (TPSA) is 60.2 Å². The minimum Gasteiger partial charge on any atom is -0.258 e. The Kier molecular flexibility index (Phi) is 3.00. The van der Waals surface area contributed by atoms with Gasteiger partial charge in [0.2, 0.25) is 0 Å². The molecule has 1 atom stereocenters. The van der Waals surface area contributed by atoms with E-state index in [4.69, 9.17) is 11.6 Å². The van der Waals surface area contributed by atoms with Crippen molar-refractivity contribution in [2.45, 2.75) is 4.90 Å². The van der Waals surface area contributed by atoms with E-state index < -0.39 is 15.7 Å². The monoisotopic (exact) mass is 219 g/mol. The molecule has 0 N–H and O–H groups in total. The number of benzene rings is 1. The molecule has 6 heteroatoms. The first-order valence-corrected chi connectivity index (χ1v) is 5.23. The maximum Gasteiger partial charge on any atom is 0.289 e. The second-order valence-electron chi connectivity index (χ2n) is 2.32. The molecule has 0 fully saturated rings. The Balaban J connectivity index is 3.27. The van der Waals surface area contributed by atoms with Crippen molar-refractivity contribution in [1.29, 1.82) is 0 Å². The molecule has 0 spiro atoms. The quantitative estimate of drug-likeness (QED) is 0.565. The zero-order valence-corrected chi connectivity index (χ0v) is 8.26. The maximum atomic E-state index is 11.0. The first kappa shape index (κ1) is 10.1. The zero-order chi connectivity index (χ0) is 10.0. The molecule has 0 aromatic heterocycles. The molecule has 4 nitrogen and oxygen atoms in total. The summed E-state index contributed by atoms with van der Waals surface area (Å²) < 4.78 is 11.0. The lowest BCUT2D eigenvalue weighted by atomic mass is 10.3. The highest BCUT2D eigenvalue weighted by Crippen LogP contribution is 2.25. The summed E-state index contributed by atoms with van der Waals surface area (Å²) in [6.45, 7) is 0. The van der Waals surface area contributed by atoms with E-state index >= 15 is 0 Å². The summed E-state index contributed by atoms with van der Waals surface area (Å²) in [5.41, 5.74) is -0.214. The minimum atomic E-state index is -1.23. The predicted molar refractivity (Wildman–Crippen MR) is 50.4 cm³/mol. The molecule has 0 radical (unpaired) electrons. The highest BCUT2D eigenvalue weighted by Gasteiger charge is 2.13. The highest BCUT2D eigenvalue weighted by atomic mass is 35.5. The number of nitro groups is 1. The minimum absolute atomic E-state index is 0.0548. The van der Waals surface area contributed by atoms with E-state index in [0.29, 0.717) is 4.90 Å². The molecule has 0 aliphatic rings. The molecule has 13 heavy (non-hydrogen) atoms. The van der Waals surface area contributed by atoms with E-state index in [-0.39, 0.29) is 10.7 Å². The molecule has 0 bridgehead atoms. The molecule has 0 saturated carbocycles. The van der Waals surface area contributed by atoms with Crippen LogP contribution in [0.4, 0.5) is 5.69 Å². The number of rotatable bonds is 2. The molecular weight excluding hydrogens is 214 g/mol. The van der Waals surface area contributed by atoms with E-state index in [9.17, 15) is 14.3 Å². The molecular formula is C7H6ClNO3S. The second kappa shape index (κ2) is 3.85. The van der Waals surface area contributed by atoms with Crippen LogP contribution in [-0.2, 0) is 10.8 Å². The van der Waals surface area contributed by atoms with Crippen molar-refractivity contribution in [3.05, 3.63) is 33.3 Å². The van der Waals surface area contributed by atoms with Crippen molar-refractivity contribution in [2.75, 3.05) is 6.26 Å². The molecule has 1 aromatic carbocycles. The summed E-state index contributed by atoms with van der Waals surface area (Å²) in [5.74, 6) is 0. The van der Waals surface area contributed by atoms with Gasteiger partial charge in [-0.15, -0.1) is 0 Å². The fraction of sp³-hybridized carbons (Fsp3) is 0.143. The van der Waals surface area contributed by atoms with Crippen LogP contribution in [0.1, 0.15) is 0 Å². The summed E-state index contributed by atoms with van der Waals surface area (Å²) in [5, 5.41) is 10.5. The van der Waals surface area contributed by atoms with Gasteiger partial charge in [0.25, 0.3) is 5.69 Å². The zero-order valence-electron chi connectivity index (χ0n) is 6.69. The van der Waals surface area contributed by atoms with Crippen molar-refractivity contribution in [1.82, 2.24) is 0 Å². The largest absolute Gasteiger partial charge is 0.289 e. The van der Waals surface area contributed by atoms with Gasteiger partial charge in [-0.05, 0) is 12.1 Å². The van der Waals surface area contributed by atoms with Crippen LogP contribution in [0.3, 0.4) is 0 Å². The van der Waals surface area contributed by atoms with Gasteiger partial charge in [0, 0.05) is 17.2 Å². The Labute approximate surface area is 82.1 Å². The van der Waals surface area contributed by atoms with E-state index in [1.54, 1.807) is 0 Å². The summed E-state index contributed by atoms with van der Waals surface area (Å²) in [6, 6.07) is 4.10. The van der Waals surface area contributed by atoms with E-state index in [2.05, 4.69) is 0 Å². The number of nitrogens with zero attached hydrogens (tertiary/aromatic N) is 1. The molecule has 0 heterocycles. The van der Waals surface area contributed by atoms with Gasteiger partial charge in [0.05, 0.1) is 15.7 Å². The van der Waals surface area contributed by atoms with Gasteiger partial charge in [-0.2, -0.15) is 0 Å². The van der Waals surface area contributed by atoms with Crippen LogP contribution in [0.15, 0.2) is 23.1 Å². The number of hydrogen-bond donors (Lipinski definition) is 0. The summed E-state index contributed by atoms with van der Waals surface area (Å²) in [7, 11) is -1.23. The van der Waals surface area contributed by atoms with Crippen LogP contribution in [0.5, 0.6) is 0 Å².